The van der Waals surface area contributed by atoms with Crippen LogP contribution in [0.4, 0.5) is 4.39 Å². The van der Waals surface area contributed by atoms with Crippen LogP contribution in [0.1, 0.15) is 29.6 Å². The van der Waals surface area contributed by atoms with Crippen molar-refractivity contribution in [3.63, 3.8) is 0 Å². The van der Waals surface area contributed by atoms with E-state index in [2.05, 4.69) is 15.9 Å². The maximum Gasteiger partial charge on any atom is 0.257 e. The van der Waals surface area contributed by atoms with Gasteiger partial charge in [0.1, 0.15) is 5.82 Å². The summed E-state index contributed by atoms with van der Waals surface area (Å²) in [4.78, 5) is 14.1. The zero-order valence-electron chi connectivity index (χ0n) is 9.83. The molecule has 18 heavy (non-hydrogen) atoms. The van der Waals surface area contributed by atoms with Crippen molar-refractivity contribution in [2.45, 2.75) is 25.3 Å². The number of benzene rings is 1. The van der Waals surface area contributed by atoms with Crippen LogP contribution in [0.25, 0.3) is 0 Å². The van der Waals surface area contributed by atoms with Gasteiger partial charge in [0.2, 0.25) is 0 Å². The minimum Gasteiger partial charge on any atom is -0.335 e. The first kappa shape index (κ1) is 13.8. The molecule has 0 radical (unpaired) electrons. The van der Waals surface area contributed by atoms with Crippen LogP contribution in [-0.4, -0.2) is 28.7 Å². The highest BCUT2D eigenvalue weighted by Gasteiger charge is 2.30. The first-order valence-corrected chi connectivity index (χ1v) is 7.45. The second-order valence-corrected chi connectivity index (χ2v) is 5.63. The normalized spacial score (nSPS) is 15.3. The molecule has 98 valence electrons. The summed E-state index contributed by atoms with van der Waals surface area (Å²) in [6.45, 7) is 0.603. The monoisotopic (exact) mass is 333 g/mol. The van der Waals surface area contributed by atoms with Crippen molar-refractivity contribution < 1.29 is 9.18 Å². The maximum absolute atomic E-state index is 13.7. The molecule has 5 heteroatoms. The van der Waals surface area contributed by atoms with E-state index in [1.54, 1.807) is 11.0 Å². The van der Waals surface area contributed by atoms with Crippen LogP contribution < -0.4 is 0 Å². The van der Waals surface area contributed by atoms with Crippen molar-refractivity contribution in [3.05, 3.63) is 34.6 Å². The maximum atomic E-state index is 13.7. The Balaban J connectivity index is 2.21. The molecule has 1 aliphatic carbocycles. The smallest absolute Gasteiger partial charge is 0.257 e. The first-order chi connectivity index (χ1) is 8.63. The van der Waals surface area contributed by atoms with E-state index in [1.165, 1.54) is 12.1 Å². The van der Waals surface area contributed by atoms with Crippen molar-refractivity contribution in [2.24, 2.45) is 0 Å². The molecule has 0 aromatic heterocycles. The molecule has 2 nitrogen and oxygen atoms in total. The molecule has 0 saturated heterocycles. The third-order valence-electron chi connectivity index (χ3n) is 3.26. The fourth-order valence-corrected chi connectivity index (χ4v) is 2.60. The molecule has 1 aliphatic rings. The lowest BCUT2D eigenvalue weighted by molar-refractivity contribution is 0.0595. The van der Waals surface area contributed by atoms with Gasteiger partial charge in [0.15, 0.2) is 0 Å². The lowest BCUT2D eigenvalue weighted by Gasteiger charge is -2.37. The molecule has 1 aromatic rings. The molecule has 0 heterocycles. The predicted molar refractivity (Wildman–Crippen MR) is 73.9 cm³/mol. The SMILES string of the molecule is O=C(c1ccc(Cl)cc1F)N(CCBr)C1CCC1. The van der Waals surface area contributed by atoms with Crippen molar-refractivity contribution >= 4 is 33.4 Å². The second-order valence-electron chi connectivity index (χ2n) is 4.40. The van der Waals surface area contributed by atoms with Gasteiger partial charge in [0, 0.05) is 22.9 Å². The molecule has 1 amide bonds. The zero-order valence-corrected chi connectivity index (χ0v) is 12.2. The van der Waals surface area contributed by atoms with Crippen molar-refractivity contribution in [1.29, 1.82) is 0 Å². The van der Waals surface area contributed by atoms with E-state index in [-0.39, 0.29) is 17.5 Å². The first-order valence-electron chi connectivity index (χ1n) is 5.95. The summed E-state index contributed by atoms with van der Waals surface area (Å²) in [6, 6.07) is 4.44. The minimum atomic E-state index is -0.550. The minimum absolute atomic E-state index is 0.104. The van der Waals surface area contributed by atoms with E-state index in [9.17, 15) is 9.18 Å². The number of rotatable bonds is 4. The Morgan fingerprint density at radius 3 is 2.72 bits per heavy atom. The third-order valence-corrected chi connectivity index (χ3v) is 3.85. The fourth-order valence-electron chi connectivity index (χ4n) is 2.06. The van der Waals surface area contributed by atoms with Gasteiger partial charge in [-0.15, -0.1) is 0 Å². The quantitative estimate of drug-likeness (QED) is 0.766. The topological polar surface area (TPSA) is 20.3 Å². The summed E-state index contributed by atoms with van der Waals surface area (Å²) in [5, 5.41) is 1.00. The molecule has 0 atom stereocenters. The zero-order chi connectivity index (χ0) is 13.1. The van der Waals surface area contributed by atoms with Crippen molar-refractivity contribution in [2.75, 3.05) is 11.9 Å². The molecule has 0 bridgehead atoms. The van der Waals surface area contributed by atoms with Crippen LogP contribution in [0.5, 0.6) is 0 Å². The molecule has 1 aromatic carbocycles. The molecule has 0 spiro atoms. The summed E-state index contributed by atoms with van der Waals surface area (Å²) >= 11 is 9.02. The van der Waals surface area contributed by atoms with Crippen molar-refractivity contribution in [1.82, 2.24) is 4.90 Å². The average Bonchev–Trinajstić information content (AvgIpc) is 2.25. The number of amides is 1. The molecular weight excluding hydrogens is 321 g/mol. The molecule has 1 fully saturated rings. The number of hydrogen-bond acceptors (Lipinski definition) is 1. The highest BCUT2D eigenvalue weighted by Crippen LogP contribution is 2.27. The lowest BCUT2D eigenvalue weighted by Crippen LogP contribution is -2.45. The Morgan fingerprint density at radius 1 is 1.50 bits per heavy atom. The van der Waals surface area contributed by atoms with Crippen LogP contribution >= 0.6 is 27.5 Å². The largest absolute Gasteiger partial charge is 0.335 e. The molecule has 0 unspecified atom stereocenters. The number of carbonyl (C=O) groups excluding carboxylic acids is 1. The van der Waals surface area contributed by atoms with Gasteiger partial charge in [-0.3, -0.25) is 4.79 Å². The predicted octanol–water partition coefficient (Wildman–Crippen LogP) is 3.87. The van der Waals surface area contributed by atoms with E-state index in [1.807, 2.05) is 0 Å². The number of hydrogen-bond donors (Lipinski definition) is 0. The summed E-state index contributed by atoms with van der Waals surface area (Å²) in [7, 11) is 0. The average molecular weight is 335 g/mol. The van der Waals surface area contributed by atoms with Gasteiger partial charge in [-0.1, -0.05) is 27.5 Å². The molecule has 0 N–H and O–H groups in total. The van der Waals surface area contributed by atoms with Gasteiger partial charge in [0.05, 0.1) is 5.56 Å². The highest BCUT2D eigenvalue weighted by atomic mass is 79.9. The molecular formula is C13H14BrClFNO. The fraction of sp³-hybridized carbons (Fsp3) is 0.462. The van der Waals surface area contributed by atoms with E-state index in [0.29, 0.717) is 16.9 Å². The summed E-state index contributed by atoms with van der Waals surface area (Å²) in [6.07, 6.45) is 3.15. The number of halogens is 3. The van der Waals surface area contributed by atoms with E-state index < -0.39 is 5.82 Å². The summed E-state index contributed by atoms with van der Waals surface area (Å²) in [5.41, 5.74) is 0.104. The second kappa shape index (κ2) is 6.02. The standard InChI is InChI=1S/C13H14BrClFNO/c14-6-7-17(10-2-1-3-10)13(18)11-5-4-9(15)8-12(11)16/h4-5,8,10H,1-3,6-7H2. The van der Waals surface area contributed by atoms with Crippen LogP contribution in [0, 0.1) is 5.82 Å². The van der Waals surface area contributed by atoms with Gasteiger partial charge >= 0.3 is 0 Å². The van der Waals surface area contributed by atoms with Gasteiger partial charge < -0.3 is 4.90 Å². The van der Waals surface area contributed by atoms with E-state index in [0.717, 1.165) is 19.3 Å². The highest BCUT2D eigenvalue weighted by molar-refractivity contribution is 9.09. The van der Waals surface area contributed by atoms with E-state index in [4.69, 9.17) is 11.6 Å². The number of nitrogens with zero attached hydrogens (tertiary/aromatic N) is 1. The Bertz CT molecular complexity index is 451. The van der Waals surface area contributed by atoms with Crippen LogP contribution in [-0.2, 0) is 0 Å². The van der Waals surface area contributed by atoms with Gasteiger partial charge in [0.25, 0.3) is 5.91 Å². The molecule has 2 rings (SSSR count). The Kier molecular flexibility index (Phi) is 4.62. The van der Waals surface area contributed by atoms with Gasteiger partial charge in [-0.25, -0.2) is 4.39 Å². The summed E-state index contributed by atoms with van der Waals surface area (Å²) < 4.78 is 13.7. The van der Waals surface area contributed by atoms with Crippen LogP contribution in [0.15, 0.2) is 18.2 Å². The third kappa shape index (κ3) is 2.86. The van der Waals surface area contributed by atoms with Crippen molar-refractivity contribution in [3.8, 4) is 0 Å². The van der Waals surface area contributed by atoms with Gasteiger partial charge in [-0.2, -0.15) is 0 Å². The van der Waals surface area contributed by atoms with Crippen LogP contribution in [0.3, 0.4) is 0 Å². The molecule has 0 aliphatic heterocycles. The lowest BCUT2D eigenvalue weighted by atomic mass is 9.91. The number of alkyl halides is 1. The van der Waals surface area contributed by atoms with E-state index >= 15 is 0 Å². The Hall–Kier alpha value is -0.610. The summed E-state index contributed by atoms with van der Waals surface area (Å²) in [5.74, 6) is -0.792. The van der Waals surface area contributed by atoms with Gasteiger partial charge in [-0.05, 0) is 37.5 Å². The Labute approximate surface area is 119 Å². The number of carbonyl (C=O) groups is 1. The Morgan fingerprint density at radius 2 is 2.22 bits per heavy atom. The van der Waals surface area contributed by atoms with Crippen LogP contribution in [0.2, 0.25) is 5.02 Å². The molecule has 1 saturated carbocycles.